The summed E-state index contributed by atoms with van der Waals surface area (Å²) in [5.74, 6) is -5.25. The van der Waals surface area contributed by atoms with Gasteiger partial charge in [-0.25, -0.2) is 0 Å². The second-order valence-corrected chi connectivity index (χ2v) is 3.89. The molecule has 22 heavy (non-hydrogen) atoms. The second-order valence-electron chi connectivity index (χ2n) is 3.89. The topological polar surface area (TPSA) is 208 Å². The SMILES string of the molecule is N.O=C(O)CC(NCCNC(CC(=O)O)C(=O)O)C(=O)O.[Fe]. The van der Waals surface area contributed by atoms with E-state index in [1.165, 1.54) is 0 Å². The van der Waals surface area contributed by atoms with E-state index in [1.807, 2.05) is 0 Å². The number of hydrogen-bond donors (Lipinski definition) is 7. The summed E-state index contributed by atoms with van der Waals surface area (Å²) in [5, 5.41) is 39.2. The van der Waals surface area contributed by atoms with Crippen molar-refractivity contribution in [2.75, 3.05) is 13.1 Å². The summed E-state index contributed by atoms with van der Waals surface area (Å²) in [5.41, 5.74) is 0. The van der Waals surface area contributed by atoms with Crippen LogP contribution < -0.4 is 16.8 Å². The van der Waals surface area contributed by atoms with Crippen LogP contribution in [-0.4, -0.2) is 69.5 Å². The van der Waals surface area contributed by atoms with Crippen molar-refractivity contribution >= 4 is 23.9 Å². The van der Waals surface area contributed by atoms with Crippen molar-refractivity contribution in [1.82, 2.24) is 16.8 Å². The molecule has 0 rings (SSSR count). The van der Waals surface area contributed by atoms with E-state index in [0.717, 1.165) is 0 Å². The summed E-state index contributed by atoms with van der Waals surface area (Å²) in [6.07, 6.45) is -1.24. The molecule has 9 N–H and O–H groups in total. The predicted molar refractivity (Wildman–Crippen MR) is 68.4 cm³/mol. The van der Waals surface area contributed by atoms with Crippen LogP contribution in [0.25, 0.3) is 0 Å². The molecule has 0 aromatic rings. The van der Waals surface area contributed by atoms with E-state index in [0.29, 0.717) is 0 Å². The molecule has 0 amide bonds. The molecular weight excluding hydrogens is 346 g/mol. The normalized spacial score (nSPS) is 12.2. The van der Waals surface area contributed by atoms with Gasteiger partial charge >= 0.3 is 23.9 Å². The molecule has 0 aliphatic rings. The fourth-order valence-corrected chi connectivity index (χ4v) is 1.34. The Morgan fingerprint density at radius 3 is 1.18 bits per heavy atom. The molecule has 12 heteroatoms. The number of carbonyl (C=O) groups is 4. The Balaban J connectivity index is -0.00000180. The Labute approximate surface area is 136 Å². The molecule has 0 fully saturated rings. The molecule has 0 heterocycles. The maximum atomic E-state index is 10.7. The van der Waals surface area contributed by atoms with Crippen molar-refractivity contribution < 1.29 is 56.7 Å². The third-order valence-corrected chi connectivity index (χ3v) is 2.26. The minimum absolute atomic E-state index is 0. The van der Waals surface area contributed by atoms with E-state index in [4.69, 9.17) is 20.4 Å². The summed E-state index contributed by atoms with van der Waals surface area (Å²) in [6, 6.07) is -2.59. The molecule has 0 aliphatic carbocycles. The Morgan fingerprint density at radius 2 is 1.00 bits per heavy atom. The zero-order valence-corrected chi connectivity index (χ0v) is 12.6. The molecule has 0 radical (unpaired) electrons. The minimum atomic E-state index is -1.34. The summed E-state index contributed by atoms with van der Waals surface area (Å²) < 4.78 is 0. The number of hydrogen-bond acceptors (Lipinski definition) is 7. The van der Waals surface area contributed by atoms with E-state index in [2.05, 4.69) is 10.6 Å². The maximum Gasteiger partial charge on any atom is 0.321 e. The van der Waals surface area contributed by atoms with Crippen molar-refractivity contribution in [3.05, 3.63) is 0 Å². The Morgan fingerprint density at radius 1 is 0.727 bits per heavy atom. The summed E-state index contributed by atoms with van der Waals surface area (Å²) >= 11 is 0. The maximum absolute atomic E-state index is 10.7. The smallest absolute Gasteiger partial charge is 0.321 e. The van der Waals surface area contributed by atoms with Crippen molar-refractivity contribution in [3.8, 4) is 0 Å². The van der Waals surface area contributed by atoms with Crippen molar-refractivity contribution in [2.24, 2.45) is 0 Å². The molecule has 0 aromatic carbocycles. The van der Waals surface area contributed by atoms with E-state index >= 15 is 0 Å². The standard InChI is InChI=1S/C10H16N2O8.Fe.H3N/c13-7(14)3-5(9(17)18)11-1-2-12-6(10(19)20)4-8(15)16;;/h5-6,11-12H,1-4H2,(H,13,14)(H,15,16)(H,17,18)(H,19,20);;1H3. The minimum Gasteiger partial charge on any atom is -0.481 e. The van der Waals surface area contributed by atoms with Crippen LogP contribution in [0.4, 0.5) is 0 Å². The van der Waals surface area contributed by atoms with Gasteiger partial charge in [-0.1, -0.05) is 0 Å². The first-order valence-corrected chi connectivity index (χ1v) is 5.60. The monoisotopic (exact) mass is 365 g/mol. The number of aliphatic carboxylic acids is 4. The van der Waals surface area contributed by atoms with Gasteiger partial charge in [-0.05, 0) is 0 Å². The molecular formula is C10H19FeN3O8. The summed E-state index contributed by atoms with van der Waals surface area (Å²) in [4.78, 5) is 42.2. The summed E-state index contributed by atoms with van der Waals surface area (Å²) in [6.45, 7) is -0.0404. The van der Waals surface area contributed by atoms with E-state index in [1.54, 1.807) is 0 Å². The van der Waals surface area contributed by atoms with Crippen molar-refractivity contribution in [1.29, 1.82) is 0 Å². The zero-order valence-electron chi connectivity index (χ0n) is 11.5. The molecule has 0 saturated carbocycles. The zero-order chi connectivity index (χ0) is 15.7. The fourth-order valence-electron chi connectivity index (χ4n) is 1.34. The van der Waals surface area contributed by atoms with Crippen LogP contribution in [0.1, 0.15) is 12.8 Å². The molecule has 2 atom stereocenters. The van der Waals surface area contributed by atoms with Crippen LogP contribution in [0.5, 0.6) is 0 Å². The van der Waals surface area contributed by atoms with E-state index in [9.17, 15) is 19.2 Å². The van der Waals surface area contributed by atoms with Gasteiger partial charge in [0.25, 0.3) is 0 Å². The van der Waals surface area contributed by atoms with Crippen molar-refractivity contribution in [2.45, 2.75) is 24.9 Å². The van der Waals surface area contributed by atoms with Crippen LogP contribution in [-0.2, 0) is 36.2 Å². The van der Waals surface area contributed by atoms with Crippen LogP contribution in [0.15, 0.2) is 0 Å². The van der Waals surface area contributed by atoms with E-state index < -0.39 is 48.8 Å². The molecule has 0 bridgehead atoms. The number of nitrogens with one attached hydrogen (secondary N) is 2. The third kappa shape index (κ3) is 12.1. The van der Waals surface area contributed by atoms with Gasteiger partial charge in [0.05, 0.1) is 12.8 Å². The first kappa shape index (κ1) is 25.2. The molecule has 0 spiro atoms. The van der Waals surface area contributed by atoms with Gasteiger partial charge < -0.3 is 37.2 Å². The summed E-state index contributed by atoms with van der Waals surface area (Å²) in [7, 11) is 0. The van der Waals surface area contributed by atoms with Gasteiger partial charge in [-0.2, -0.15) is 0 Å². The molecule has 11 nitrogen and oxygen atoms in total. The number of carboxylic acids is 4. The molecule has 130 valence electrons. The van der Waals surface area contributed by atoms with Gasteiger partial charge in [-0.3, -0.25) is 19.2 Å². The Bertz CT molecular complexity index is 356. The number of carboxylic acid groups (broad SMARTS) is 4. The van der Waals surface area contributed by atoms with Crippen molar-refractivity contribution in [3.63, 3.8) is 0 Å². The first-order valence-electron chi connectivity index (χ1n) is 5.60. The van der Waals surface area contributed by atoms with Crippen LogP contribution in [0, 0.1) is 0 Å². The molecule has 0 saturated heterocycles. The van der Waals surface area contributed by atoms with Gasteiger partial charge in [-0.15, -0.1) is 0 Å². The average molecular weight is 365 g/mol. The first-order chi connectivity index (χ1) is 9.23. The van der Waals surface area contributed by atoms with Gasteiger partial charge in [0, 0.05) is 30.2 Å². The van der Waals surface area contributed by atoms with Crippen LogP contribution in [0.3, 0.4) is 0 Å². The predicted octanol–water partition coefficient (Wildman–Crippen LogP) is -1.82. The largest absolute Gasteiger partial charge is 0.481 e. The Kier molecular flexibility index (Phi) is 14.9. The van der Waals surface area contributed by atoms with Gasteiger partial charge in [0.2, 0.25) is 0 Å². The molecule has 2 unspecified atom stereocenters. The van der Waals surface area contributed by atoms with Gasteiger partial charge in [0.1, 0.15) is 12.1 Å². The molecule has 0 aromatic heterocycles. The second kappa shape index (κ2) is 13.0. The van der Waals surface area contributed by atoms with Gasteiger partial charge in [0.15, 0.2) is 0 Å². The average Bonchev–Trinajstić information content (AvgIpc) is 2.29. The Hall–Kier alpha value is -1.72. The number of rotatable bonds is 11. The van der Waals surface area contributed by atoms with Crippen LogP contribution in [0.2, 0.25) is 0 Å². The fraction of sp³-hybridized carbons (Fsp3) is 0.600. The quantitative estimate of drug-likeness (QED) is 0.160. The third-order valence-electron chi connectivity index (χ3n) is 2.26. The van der Waals surface area contributed by atoms with Crippen LogP contribution >= 0.6 is 0 Å². The van der Waals surface area contributed by atoms with E-state index in [-0.39, 0.29) is 36.3 Å². The molecule has 0 aliphatic heterocycles.